The molecule has 0 amide bonds. The third-order valence-corrected chi connectivity index (χ3v) is 4.09. The van der Waals surface area contributed by atoms with E-state index in [0.717, 1.165) is 22.3 Å². The van der Waals surface area contributed by atoms with Crippen molar-refractivity contribution in [2.24, 2.45) is 0 Å². The molecule has 3 aromatic carbocycles. The molecule has 0 radical (unpaired) electrons. The van der Waals surface area contributed by atoms with Gasteiger partial charge in [-0.3, -0.25) is 0 Å². The molecule has 0 aliphatic carbocycles. The van der Waals surface area contributed by atoms with E-state index in [9.17, 15) is 9.90 Å². The minimum absolute atomic E-state index is 0.215. The van der Waals surface area contributed by atoms with Crippen LogP contribution in [0.15, 0.2) is 72.8 Å². The Balaban J connectivity index is 1.84. The fourth-order valence-corrected chi connectivity index (χ4v) is 2.63. The van der Waals surface area contributed by atoms with Gasteiger partial charge in [0.15, 0.2) is 0 Å². The number of aromatic hydroxyl groups is 1. The Hall–Kier alpha value is -3.77. The molecule has 0 saturated heterocycles. The number of carboxylic acid groups (broad SMARTS) is 1. The first-order valence-corrected chi connectivity index (χ1v) is 8.44. The molecule has 0 bridgehead atoms. The number of aryl methyl sites for hydroxylation is 1. The Morgan fingerprint density at radius 1 is 0.963 bits per heavy atom. The summed E-state index contributed by atoms with van der Waals surface area (Å²) in [7, 11) is 0. The molecule has 0 aliphatic rings. The maximum atomic E-state index is 10.9. The smallest absolute Gasteiger partial charge is 0.335 e. The van der Waals surface area contributed by atoms with Gasteiger partial charge >= 0.3 is 5.97 Å². The van der Waals surface area contributed by atoms with Crippen molar-refractivity contribution < 1.29 is 15.0 Å². The maximum absolute atomic E-state index is 10.9. The van der Waals surface area contributed by atoms with Crippen LogP contribution in [0.25, 0.3) is 17.2 Å². The van der Waals surface area contributed by atoms with E-state index in [0.29, 0.717) is 0 Å². The van der Waals surface area contributed by atoms with Crippen molar-refractivity contribution in [2.45, 2.75) is 6.92 Å². The molecule has 3 aromatic rings. The number of phenols is 1. The number of hydrogen-bond acceptors (Lipinski definition) is 2. The molecule has 27 heavy (non-hydrogen) atoms. The summed E-state index contributed by atoms with van der Waals surface area (Å²) in [6, 6.07) is 19.8. The van der Waals surface area contributed by atoms with Crippen LogP contribution >= 0.6 is 0 Å². The Labute approximate surface area is 158 Å². The Kier molecular flexibility index (Phi) is 5.39. The van der Waals surface area contributed by atoms with Crippen LogP contribution in [0.1, 0.15) is 27.0 Å². The largest absolute Gasteiger partial charge is 0.508 e. The molecule has 0 fully saturated rings. The van der Waals surface area contributed by atoms with Gasteiger partial charge in [0.25, 0.3) is 0 Å². The van der Waals surface area contributed by atoms with Gasteiger partial charge in [-0.1, -0.05) is 47.7 Å². The van der Waals surface area contributed by atoms with E-state index in [4.69, 9.17) is 5.11 Å². The van der Waals surface area contributed by atoms with Gasteiger partial charge in [-0.15, -0.1) is 0 Å². The number of benzene rings is 3. The third-order valence-electron chi connectivity index (χ3n) is 4.09. The van der Waals surface area contributed by atoms with Crippen LogP contribution in [0.5, 0.6) is 5.75 Å². The van der Waals surface area contributed by atoms with E-state index in [2.05, 4.69) is 11.8 Å². The molecular weight excluding hydrogens is 336 g/mol. The second kappa shape index (κ2) is 8.07. The quantitative estimate of drug-likeness (QED) is 0.641. The second-order valence-electron chi connectivity index (χ2n) is 6.12. The van der Waals surface area contributed by atoms with Gasteiger partial charge in [0.05, 0.1) is 5.56 Å². The summed E-state index contributed by atoms with van der Waals surface area (Å²) >= 11 is 0. The average Bonchev–Trinajstić information content (AvgIpc) is 2.67. The highest BCUT2D eigenvalue weighted by atomic mass is 16.4. The van der Waals surface area contributed by atoms with E-state index in [1.165, 1.54) is 17.7 Å². The first-order chi connectivity index (χ1) is 13.0. The minimum atomic E-state index is -0.953. The topological polar surface area (TPSA) is 57.5 Å². The van der Waals surface area contributed by atoms with Crippen LogP contribution in [-0.4, -0.2) is 16.2 Å². The third kappa shape index (κ3) is 4.65. The number of aromatic carboxylic acids is 1. The van der Waals surface area contributed by atoms with Crippen molar-refractivity contribution in [3.8, 4) is 28.7 Å². The van der Waals surface area contributed by atoms with Crippen LogP contribution in [-0.2, 0) is 0 Å². The van der Waals surface area contributed by atoms with Crippen molar-refractivity contribution in [2.75, 3.05) is 0 Å². The number of allylic oxidation sites excluding steroid dienone is 1. The maximum Gasteiger partial charge on any atom is 0.335 e. The van der Waals surface area contributed by atoms with Crippen LogP contribution in [0, 0.1) is 18.8 Å². The molecule has 0 heterocycles. The van der Waals surface area contributed by atoms with Crippen molar-refractivity contribution in [3.63, 3.8) is 0 Å². The fourth-order valence-electron chi connectivity index (χ4n) is 2.63. The highest BCUT2D eigenvalue weighted by Gasteiger charge is 2.04. The highest BCUT2D eigenvalue weighted by Crippen LogP contribution is 2.28. The van der Waals surface area contributed by atoms with Crippen molar-refractivity contribution in [1.82, 2.24) is 0 Å². The first kappa shape index (κ1) is 18.0. The lowest BCUT2D eigenvalue weighted by atomic mass is 9.98. The summed E-state index contributed by atoms with van der Waals surface area (Å²) in [5.74, 6) is 5.20. The van der Waals surface area contributed by atoms with Crippen LogP contribution in [0.2, 0.25) is 0 Å². The molecule has 0 atom stereocenters. The lowest BCUT2D eigenvalue weighted by molar-refractivity contribution is 0.0697. The molecule has 3 heteroatoms. The summed E-state index contributed by atoms with van der Waals surface area (Å²) < 4.78 is 0. The Morgan fingerprint density at radius 3 is 2.33 bits per heavy atom. The fraction of sp³-hybridized carbons (Fsp3) is 0.0417. The van der Waals surface area contributed by atoms with Crippen LogP contribution < -0.4 is 0 Å². The van der Waals surface area contributed by atoms with E-state index in [1.54, 1.807) is 30.3 Å². The van der Waals surface area contributed by atoms with Crippen LogP contribution in [0.3, 0.4) is 0 Å². The Morgan fingerprint density at radius 2 is 1.67 bits per heavy atom. The summed E-state index contributed by atoms with van der Waals surface area (Å²) in [5.41, 5.74) is 5.06. The van der Waals surface area contributed by atoms with Gasteiger partial charge in [-0.2, -0.15) is 0 Å². The van der Waals surface area contributed by atoms with Gasteiger partial charge in [0.1, 0.15) is 5.75 Å². The SMILES string of the molecule is Cc1ccc(-c2cc(O)ccc2/C=C/C#Cc2ccc(C(=O)O)cc2)cc1. The lowest BCUT2D eigenvalue weighted by Crippen LogP contribution is -1.94. The lowest BCUT2D eigenvalue weighted by Gasteiger charge is -2.07. The van der Waals surface area contributed by atoms with Crippen molar-refractivity contribution in [3.05, 3.63) is 95.1 Å². The summed E-state index contributed by atoms with van der Waals surface area (Å²) in [5, 5.41) is 18.7. The molecule has 0 saturated carbocycles. The van der Waals surface area contributed by atoms with Crippen molar-refractivity contribution in [1.29, 1.82) is 0 Å². The molecule has 132 valence electrons. The predicted molar refractivity (Wildman–Crippen MR) is 108 cm³/mol. The zero-order valence-corrected chi connectivity index (χ0v) is 14.8. The zero-order valence-electron chi connectivity index (χ0n) is 14.8. The molecule has 0 aromatic heterocycles. The van der Waals surface area contributed by atoms with Gasteiger partial charge in [-0.25, -0.2) is 4.79 Å². The molecular formula is C24H18O3. The van der Waals surface area contributed by atoms with E-state index >= 15 is 0 Å². The van der Waals surface area contributed by atoms with Crippen LogP contribution in [0.4, 0.5) is 0 Å². The number of rotatable bonds is 3. The number of carbonyl (C=O) groups is 1. The number of phenolic OH excluding ortho intramolecular Hbond substituents is 1. The molecule has 0 aliphatic heterocycles. The normalized spacial score (nSPS) is 10.4. The highest BCUT2D eigenvalue weighted by molar-refractivity contribution is 5.87. The van der Waals surface area contributed by atoms with E-state index in [-0.39, 0.29) is 11.3 Å². The average molecular weight is 354 g/mol. The molecule has 0 spiro atoms. The summed E-state index contributed by atoms with van der Waals surface area (Å²) in [6.45, 7) is 2.03. The predicted octanol–water partition coefficient (Wildman–Crippen LogP) is 5.13. The first-order valence-electron chi connectivity index (χ1n) is 8.44. The van der Waals surface area contributed by atoms with Crippen molar-refractivity contribution >= 4 is 12.0 Å². The monoisotopic (exact) mass is 354 g/mol. The summed E-state index contributed by atoms with van der Waals surface area (Å²) in [6.07, 6.45) is 3.64. The van der Waals surface area contributed by atoms with E-state index in [1.807, 2.05) is 43.3 Å². The van der Waals surface area contributed by atoms with E-state index < -0.39 is 5.97 Å². The number of hydrogen-bond donors (Lipinski definition) is 2. The van der Waals surface area contributed by atoms with Gasteiger partial charge in [-0.05, 0) is 72.2 Å². The molecule has 3 rings (SSSR count). The zero-order chi connectivity index (χ0) is 19.2. The molecule has 2 N–H and O–H groups in total. The minimum Gasteiger partial charge on any atom is -0.508 e. The number of carboxylic acids is 1. The Bertz CT molecular complexity index is 1050. The van der Waals surface area contributed by atoms with Gasteiger partial charge in [0.2, 0.25) is 0 Å². The molecule has 3 nitrogen and oxygen atoms in total. The second-order valence-corrected chi connectivity index (χ2v) is 6.12. The summed E-state index contributed by atoms with van der Waals surface area (Å²) in [4.78, 5) is 10.9. The standard InChI is InChI=1S/C24H18O3/c1-17-6-10-20(11-7-17)23-16-22(25)15-14-19(23)5-3-2-4-18-8-12-21(13-9-18)24(26)27/h3,5-16,25H,1H3,(H,26,27)/b5-3+. The van der Waals surface area contributed by atoms with Gasteiger partial charge in [0, 0.05) is 5.56 Å². The molecule has 0 unspecified atom stereocenters. The van der Waals surface area contributed by atoms with Gasteiger partial charge < -0.3 is 10.2 Å².